The van der Waals surface area contributed by atoms with Crippen LogP contribution in [0.15, 0.2) is 60.2 Å². The third-order valence-electron chi connectivity index (χ3n) is 4.97. The van der Waals surface area contributed by atoms with Crippen molar-refractivity contribution in [3.05, 3.63) is 77.2 Å². The van der Waals surface area contributed by atoms with Crippen molar-refractivity contribution in [2.45, 2.75) is 31.8 Å². The number of hydrogen-bond acceptors (Lipinski definition) is 4. The maximum atomic E-state index is 14.9. The van der Waals surface area contributed by atoms with E-state index in [1.54, 1.807) is 35.4 Å². The summed E-state index contributed by atoms with van der Waals surface area (Å²) in [5, 5.41) is 11.1. The van der Waals surface area contributed by atoms with E-state index < -0.39 is 12.0 Å². The van der Waals surface area contributed by atoms with E-state index in [1.165, 1.54) is 18.3 Å². The first kappa shape index (κ1) is 21.3. The van der Waals surface area contributed by atoms with Crippen LogP contribution in [0.2, 0.25) is 0 Å². The summed E-state index contributed by atoms with van der Waals surface area (Å²) in [6.45, 7) is 0.688. The minimum absolute atomic E-state index is 0.308. The Morgan fingerprint density at radius 3 is 2.86 bits per heavy atom. The van der Waals surface area contributed by atoms with Crippen molar-refractivity contribution >= 4 is 24.0 Å². The Balaban J connectivity index is 1.98. The monoisotopic (exact) mass is 416 g/mol. The number of nitrogens with zero attached hydrogens (tertiary/aromatic N) is 1. The van der Waals surface area contributed by atoms with E-state index in [1.807, 2.05) is 0 Å². The molecule has 3 aliphatic rings. The number of rotatable bonds is 1. The molecule has 1 atom stereocenters. The standard InChI is InChI=1S/C22H26F2N4S/c23-17-5-6-18-16(11-17)4-2-1-3-8-27-21(25)10-15(14-29)7-9-28-13-20(24)19(18)12-22(28)26/h5-7,9-13,22,29H,1-4,8,14,26H2,(H2,25,27)/b9-7+,15-10+. The van der Waals surface area contributed by atoms with E-state index >= 15 is 0 Å². The van der Waals surface area contributed by atoms with E-state index in [2.05, 4.69) is 17.9 Å². The third kappa shape index (κ3) is 5.58. The summed E-state index contributed by atoms with van der Waals surface area (Å²) >= 11 is 4.30. The number of amidine groups is 1. The highest BCUT2D eigenvalue weighted by molar-refractivity contribution is 7.80. The van der Waals surface area contributed by atoms with Crippen molar-refractivity contribution in [1.82, 2.24) is 10.2 Å². The zero-order valence-corrected chi connectivity index (χ0v) is 17.1. The number of benzene rings is 1. The van der Waals surface area contributed by atoms with Gasteiger partial charge in [0, 0.05) is 30.3 Å². The Morgan fingerprint density at radius 2 is 2.07 bits per heavy atom. The lowest BCUT2D eigenvalue weighted by atomic mass is 9.93. The van der Waals surface area contributed by atoms with Gasteiger partial charge in [0.1, 0.15) is 23.6 Å². The second-order valence-electron chi connectivity index (χ2n) is 7.14. The highest BCUT2D eigenvalue weighted by atomic mass is 32.1. The van der Waals surface area contributed by atoms with E-state index in [0.717, 1.165) is 30.4 Å². The number of hydrogen-bond donors (Lipinski definition) is 4. The highest BCUT2D eigenvalue weighted by Gasteiger charge is 2.21. The molecular weight excluding hydrogens is 390 g/mol. The molecule has 1 aromatic carbocycles. The number of thiol groups is 1. The molecule has 3 heterocycles. The number of halogens is 2. The first-order valence-corrected chi connectivity index (χ1v) is 10.3. The summed E-state index contributed by atoms with van der Waals surface area (Å²) in [5.41, 5.74) is 8.90. The summed E-state index contributed by atoms with van der Waals surface area (Å²) in [4.78, 5) is 1.56. The fourth-order valence-electron chi connectivity index (χ4n) is 3.42. The second-order valence-corrected chi connectivity index (χ2v) is 7.46. The lowest BCUT2D eigenvalue weighted by Crippen LogP contribution is -2.35. The van der Waals surface area contributed by atoms with Gasteiger partial charge in [0.05, 0.1) is 0 Å². The average Bonchev–Trinajstić information content (AvgIpc) is 2.69. The molecule has 0 saturated carbocycles. The van der Waals surface area contributed by atoms with E-state index in [0.29, 0.717) is 35.7 Å². The summed E-state index contributed by atoms with van der Waals surface area (Å²) in [7, 11) is 0. The molecule has 3 aliphatic heterocycles. The van der Waals surface area contributed by atoms with Crippen LogP contribution in [0, 0.1) is 11.2 Å². The van der Waals surface area contributed by atoms with Crippen LogP contribution in [0.25, 0.3) is 5.57 Å². The molecule has 0 radical (unpaired) electrons. The first-order chi connectivity index (χ1) is 14.0. The van der Waals surface area contributed by atoms with Crippen LogP contribution in [0.1, 0.15) is 30.4 Å². The molecular formula is C22H26F2N4S. The maximum Gasteiger partial charge on any atom is 0.147 e. The molecule has 0 spiro atoms. The van der Waals surface area contributed by atoms with Crippen molar-refractivity contribution in [3.8, 4) is 0 Å². The molecule has 4 nitrogen and oxygen atoms in total. The predicted octanol–water partition coefficient (Wildman–Crippen LogP) is 4.28. The quantitative estimate of drug-likeness (QED) is 0.517. The van der Waals surface area contributed by atoms with Gasteiger partial charge in [-0.2, -0.15) is 12.6 Å². The van der Waals surface area contributed by atoms with Gasteiger partial charge in [0.2, 0.25) is 0 Å². The SMILES string of the molecule is N=C1/C=C(CS)\C=C\N2C=C(F)C(=CC2N)c2ccc(F)cc2CCCCCN1. The molecule has 0 aliphatic carbocycles. The van der Waals surface area contributed by atoms with Gasteiger partial charge < -0.3 is 16.0 Å². The summed E-state index contributed by atoms with van der Waals surface area (Å²) in [6, 6.07) is 4.46. The molecule has 0 amide bonds. The van der Waals surface area contributed by atoms with Crippen LogP contribution in [0.5, 0.6) is 0 Å². The van der Waals surface area contributed by atoms with E-state index in [9.17, 15) is 8.78 Å². The van der Waals surface area contributed by atoms with Gasteiger partial charge in [0.25, 0.3) is 0 Å². The Hall–Kier alpha value is -2.38. The lowest BCUT2D eigenvalue weighted by Gasteiger charge is -2.27. The maximum absolute atomic E-state index is 14.9. The molecule has 29 heavy (non-hydrogen) atoms. The van der Waals surface area contributed by atoms with Crippen molar-refractivity contribution < 1.29 is 8.78 Å². The van der Waals surface area contributed by atoms with Crippen LogP contribution in [0.4, 0.5) is 8.78 Å². The topological polar surface area (TPSA) is 65.1 Å². The summed E-state index contributed by atoms with van der Waals surface area (Å²) < 4.78 is 28.8. The average molecular weight is 417 g/mol. The third-order valence-corrected chi connectivity index (χ3v) is 5.34. The van der Waals surface area contributed by atoms with Crippen LogP contribution >= 0.6 is 12.6 Å². The van der Waals surface area contributed by atoms with Gasteiger partial charge in [-0.25, -0.2) is 8.78 Å². The fourth-order valence-corrected chi connectivity index (χ4v) is 3.62. The van der Waals surface area contributed by atoms with Crippen molar-refractivity contribution in [2.75, 3.05) is 12.3 Å². The van der Waals surface area contributed by atoms with Crippen LogP contribution in [0.3, 0.4) is 0 Å². The van der Waals surface area contributed by atoms with Crippen LogP contribution < -0.4 is 11.1 Å². The molecule has 1 unspecified atom stereocenters. The molecule has 7 heteroatoms. The van der Waals surface area contributed by atoms with Gasteiger partial charge >= 0.3 is 0 Å². The van der Waals surface area contributed by atoms with E-state index in [-0.39, 0.29) is 5.82 Å². The van der Waals surface area contributed by atoms with Crippen LogP contribution in [-0.2, 0) is 6.42 Å². The molecule has 1 aromatic rings. The zero-order chi connectivity index (χ0) is 20.8. The Labute approximate surface area is 175 Å². The molecule has 2 bridgehead atoms. The van der Waals surface area contributed by atoms with Crippen LogP contribution in [-0.4, -0.2) is 29.2 Å². The molecule has 4 N–H and O–H groups in total. The Bertz CT molecular complexity index is 889. The summed E-state index contributed by atoms with van der Waals surface area (Å²) in [6.07, 6.45) is 10.9. The fraction of sp³-hybridized carbons (Fsp3) is 0.318. The number of nitrogens with one attached hydrogen (secondary N) is 2. The number of nitrogens with two attached hydrogens (primary N) is 1. The smallest absolute Gasteiger partial charge is 0.147 e. The van der Waals surface area contributed by atoms with Crippen molar-refractivity contribution in [2.24, 2.45) is 5.73 Å². The highest BCUT2D eigenvalue weighted by Crippen LogP contribution is 2.32. The minimum Gasteiger partial charge on any atom is -0.371 e. The Morgan fingerprint density at radius 1 is 1.24 bits per heavy atom. The largest absolute Gasteiger partial charge is 0.371 e. The first-order valence-electron chi connectivity index (χ1n) is 9.71. The summed E-state index contributed by atoms with van der Waals surface area (Å²) in [5.74, 6) is 0.00181. The predicted molar refractivity (Wildman–Crippen MR) is 118 cm³/mol. The lowest BCUT2D eigenvalue weighted by molar-refractivity contribution is 0.415. The van der Waals surface area contributed by atoms with E-state index in [4.69, 9.17) is 11.1 Å². The second kappa shape index (κ2) is 9.89. The molecule has 154 valence electrons. The number of aryl methyl sites for hydroxylation is 1. The number of allylic oxidation sites excluding steroid dienone is 3. The zero-order valence-electron chi connectivity index (χ0n) is 16.2. The van der Waals surface area contributed by atoms with Gasteiger partial charge in [-0.3, -0.25) is 5.41 Å². The molecule has 0 saturated heterocycles. The minimum atomic E-state index is -0.562. The Kier molecular flexibility index (Phi) is 7.28. The van der Waals surface area contributed by atoms with Gasteiger partial charge in [-0.05, 0) is 66.3 Å². The number of fused-ring (bicyclic) bond motifs is 9. The van der Waals surface area contributed by atoms with Crippen molar-refractivity contribution in [3.63, 3.8) is 0 Å². The molecule has 0 aromatic heterocycles. The molecule has 0 fully saturated rings. The van der Waals surface area contributed by atoms with Gasteiger partial charge in [0.15, 0.2) is 0 Å². The molecule has 4 rings (SSSR count). The normalized spacial score (nSPS) is 23.9. The van der Waals surface area contributed by atoms with Gasteiger partial charge in [-0.1, -0.05) is 12.5 Å². The van der Waals surface area contributed by atoms with Crippen molar-refractivity contribution in [1.29, 1.82) is 5.41 Å². The van der Waals surface area contributed by atoms with Gasteiger partial charge in [-0.15, -0.1) is 0 Å².